The van der Waals surface area contributed by atoms with Gasteiger partial charge in [0.2, 0.25) is 0 Å². The first kappa shape index (κ1) is 27.9. The number of benzene rings is 2. The van der Waals surface area contributed by atoms with Crippen molar-refractivity contribution in [2.45, 2.75) is 43.4 Å². The molecule has 0 unspecified atom stereocenters. The van der Waals surface area contributed by atoms with Crippen LogP contribution in [0.15, 0.2) is 42.5 Å². The maximum Gasteiger partial charge on any atom is 0.332 e. The van der Waals surface area contributed by atoms with Crippen molar-refractivity contribution in [2.75, 3.05) is 31.6 Å². The molecule has 12 heteroatoms. The van der Waals surface area contributed by atoms with E-state index in [0.717, 1.165) is 4.90 Å². The lowest BCUT2D eigenvalue weighted by atomic mass is 9.80. The first-order chi connectivity index (χ1) is 19.0. The number of aliphatic hydroxyl groups is 1. The molecule has 208 valence electrons. The molecule has 4 atom stereocenters. The molecule has 3 saturated heterocycles. The average Bonchev–Trinajstić information content (AvgIpc) is 3.58. The maximum absolute atomic E-state index is 14.3. The molecule has 3 aliphatic heterocycles. The van der Waals surface area contributed by atoms with Crippen LogP contribution in [0.2, 0.25) is 10.0 Å². The van der Waals surface area contributed by atoms with Crippen LogP contribution in [0.1, 0.15) is 36.8 Å². The van der Waals surface area contributed by atoms with Gasteiger partial charge in [-0.05, 0) is 35.9 Å². The number of anilines is 1. The number of hydrogen-bond donors (Lipinski definition) is 1. The van der Waals surface area contributed by atoms with Crippen LogP contribution in [0.25, 0.3) is 0 Å². The fourth-order valence-corrected chi connectivity index (χ4v) is 6.61. The van der Waals surface area contributed by atoms with Gasteiger partial charge in [-0.15, -0.1) is 0 Å². The number of Topliss-reactive ketones (excluding diaryl/α,β-unsaturated/α-hetero) is 1. The van der Waals surface area contributed by atoms with Crippen LogP contribution < -0.4 is 4.90 Å². The Morgan fingerprint density at radius 1 is 1.10 bits per heavy atom. The minimum atomic E-state index is -1.49. The Balaban J connectivity index is 1.57. The number of likely N-dealkylation sites (N-methyl/N-ethyl adjacent to an activating group) is 1. The zero-order chi connectivity index (χ0) is 28.9. The normalized spacial score (nSPS) is 26.2. The Morgan fingerprint density at radius 2 is 1.75 bits per heavy atom. The molecule has 5 rings (SSSR count). The van der Waals surface area contributed by atoms with E-state index >= 15 is 0 Å². The second-order valence-corrected chi connectivity index (χ2v) is 11.2. The molecule has 1 spiro atoms. The van der Waals surface area contributed by atoms with E-state index in [9.17, 15) is 29.5 Å². The number of nitrogens with zero attached hydrogens (tertiary/aromatic N) is 5. The third kappa shape index (κ3) is 4.38. The summed E-state index contributed by atoms with van der Waals surface area (Å²) in [5.74, 6) is -1.36. The number of nitriles is 1. The molecule has 0 radical (unpaired) electrons. The summed E-state index contributed by atoms with van der Waals surface area (Å²) in [6.07, 6.45) is -0.473. The summed E-state index contributed by atoms with van der Waals surface area (Å²) in [7, 11) is 1.51. The number of aliphatic hydroxyl groups excluding tert-OH is 1. The van der Waals surface area contributed by atoms with Crippen molar-refractivity contribution >= 4 is 52.6 Å². The lowest BCUT2D eigenvalue weighted by Crippen LogP contribution is -2.55. The highest BCUT2D eigenvalue weighted by molar-refractivity contribution is 6.35. The van der Waals surface area contributed by atoms with Crippen molar-refractivity contribution in [3.63, 3.8) is 0 Å². The van der Waals surface area contributed by atoms with E-state index < -0.39 is 41.6 Å². The van der Waals surface area contributed by atoms with Gasteiger partial charge in [-0.1, -0.05) is 42.3 Å². The molecule has 3 heterocycles. The molecule has 3 aliphatic rings. The first-order valence-electron chi connectivity index (χ1n) is 12.9. The van der Waals surface area contributed by atoms with Crippen LogP contribution in [0.5, 0.6) is 0 Å². The molecule has 0 aliphatic carbocycles. The van der Waals surface area contributed by atoms with Crippen molar-refractivity contribution in [2.24, 2.45) is 0 Å². The van der Waals surface area contributed by atoms with Crippen molar-refractivity contribution in [1.82, 2.24) is 14.7 Å². The molecule has 3 fully saturated rings. The summed E-state index contributed by atoms with van der Waals surface area (Å²) < 4.78 is 0. The second-order valence-electron chi connectivity index (χ2n) is 10.4. The van der Waals surface area contributed by atoms with Gasteiger partial charge < -0.3 is 19.8 Å². The predicted octanol–water partition coefficient (Wildman–Crippen LogP) is 3.64. The van der Waals surface area contributed by atoms with Crippen LogP contribution >= 0.6 is 23.2 Å². The lowest BCUT2D eigenvalue weighted by molar-refractivity contribution is -0.125. The van der Waals surface area contributed by atoms with Crippen LogP contribution in [0.3, 0.4) is 0 Å². The standard InChI is InChI=1S/C28H27Cl2N5O5/c1-3-24(37)23-11-21(36)13-34(23)27(40)33-14-22(17-6-4-16(12-31)5-7-17)28(15-33)25(38)35(26(39)32(28)2)20-9-18(29)8-19(30)10-20/h4-10,21-23,36H,3,11,13-15H2,1-2H3/t21-,22-,23+,28+/m0/s1. The van der Waals surface area contributed by atoms with Crippen molar-refractivity contribution in [1.29, 1.82) is 5.26 Å². The van der Waals surface area contributed by atoms with Crippen LogP contribution in [-0.4, -0.2) is 87.9 Å². The molecular formula is C28H27Cl2N5O5. The topological polar surface area (TPSA) is 125 Å². The number of likely N-dealkylation sites (tertiary alicyclic amines) is 2. The van der Waals surface area contributed by atoms with E-state index in [1.165, 1.54) is 39.9 Å². The Kier molecular flexibility index (Phi) is 7.25. The van der Waals surface area contributed by atoms with Gasteiger partial charge in [-0.2, -0.15) is 5.26 Å². The van der Waals surface area contributed by atoms with E-state index in [0.29, 0.717) is 11.1 Å². The number of hydrogen-bond acceptors (Lipinski definition) is 6. The molecule has 5 amide bonds. The minimum absolute atomic E-state index is 0.00384. The number of urea groups is 2. The van der Waals surface area contributed by atoms with Crippen molar-refractivity contribution in [3.05, 3.63) is 63.6 Å². The maximum atomic E-state index is 14.3. The molecule has 1 N–H and O–H groups in total. The van der Waals surface area contributed by atoms with Crippen molar-refractivity contribution < 1.29 is 24.3 Å². The van der Waals surface area contributed by atoms with Gasteiger partial charge in [0.05, 0.1) is 36.0 Å². The zero-order valence-electron chi connectivity index (χ0n) is 21.9. The first-order valence-corrected chi connectivity index (χ1v) is 13.6. The number of β-amino-alcohol motifs (C(OH)–C–C–N with tert-alkyl or cyclic N) is 1. The third-order valence-corrected chi connectivity index (χ3v) is 8.56. The summed E-state index contributed by atoms with van der Waals surface area (Å²) in [4.78, 5) is 59.6. The second kappa shape index (κ2) is 10.4. The average molecular weight is 584 g/mol. The fourth-order valence-electron chi connectivity index (χ4n) is 6.10. The SMILES string of the molecule is CCC(=O)[C@H]1C[C@H](O)CN1C(=O)N1C[C@@H](c2ccc(C#N)cc2)[C@]2(C1)C(=O)N(c1cc(Cl)cc(Cl)c1)C(=O)N2C. The van der Waals surface area contributed by atoms with Gasteiger partial charge in [0.15, 0.2) is 5.78 Å². The highest BCUT2D eigenvalue weighted by Crippen LogP contribution is 2.47. The van der Waals surface area contributed by atoms with Gasteiger partial charge in [0.1, 0.15) is 5.54 Å². The van der Waals surface area contributed by atoms with Gasteiger partial charge in [-0.3, -0.25) is 9.59 Å². The highest BCUT2D eigenvalue weighted by Gasteiger charge is 2.65. The van der Waals surface area contributed by atoms with Crippen LogP contribution in [0, 0.1) is 11.3 Å². The summed E-state index contributed by atoms with van der Waals surface area (Å²) in [6, 6.07) is 11.3. The summed E-state index contributed by atoms with van der Waals surface area (Å²) in [6.45, 7) is 1.63. The molecule has 0 aromatic heterocycles. The quantitative estimate of drug-likeness (QED) is 0.548. The highest BCUT2D eigenvalue weighted by atomic mass is 35.5. The summed E-state index contributed by atoms with van der Waals surface area (Å²) in [5.41, 5.74) is -0.196. The van der Waals surface area contributed by atoms with E-state index in [1.807, 2.05) is 0 Å². The monoisotopic (exact) mass is 583 g/mol. The molecule has 2 aromatic rings. The molecule has 2 aromatic carbocycles. The minimum Gasteiger partial charge on any atom is -0.391 e. The van der Waals surface area contributed by atoms with Gasteiger partial charge in [0.25, 0.3) is 5.91 Å². The largest absolute Gasteiger partial charge is 0.391 e. The number of amides is 5. The van der Waals surface area contributed by atoms with E-state index in [4.69, 9.17) is 23.2 Å². The van der Waals surface area contributed by atoms with E-state index in [-0.39, 0.29) is 54.0 Å². The molecule has 0 bridgehead atoms. The van der Waals surface area contributed by atoms with Crippen LogP contribution in [0.4, 0.5) is 15.3 Å². The Morgan fingerprint density at radius 3 is 2.35 bits per heavy atom. The molecule has 40 heavy (non-hydrogen) atoms. The fraction of sp³-hybridized carbons (Fsp3) is 0.393. The Labute approximate surface area is 241 Å². The van der Waals surface area contributed by atoms with E-state index in [1.54, 1.807) is 31.2 Å². The third-order valence-electron chi connectivity index (χ3n) is 8.12. The van der Waals surface area contributed by atoms with E-state index in [2.05, 4.69) is 6.07 Å². The molecule has 10 nitrogen and oxygen atoms in total. The predicted molar refractivity (Wildman–Crippen MR) is 147 cm³/mol. The number of rotatable bonds is 4. The zero-order valence-corrected chi connectivity index (χ0v) is 23.4. The van der Waals surface area contributed by atoms with Crippen molar-refractivity contribution in [3.8, 4) is 6.07 Å². The number of imide groups is 1. The smallest absolute Gasteiger partial charge is 0.332 e. The Bertz CT molecular complexity index is 1420. The van der Waals surface area contributed by atoms with Gasteiger partial charge in [0, 0.05) is 48.9 Å². The van der Waals surface area contributed by atoms with Gasteiger partial charge in [-0.25, -0.2) is 14.5 Å². The number of halogens is 2. The summed E-state index contributed by atoms with van der Waals surface area (Å²) >= 11 is 12.4. The number of carbonyl (C=O) groups is 4. The Hall–Kier alpha value is -3.65. The number of ketones is 1. The van der Waals surface area contributed by atoms with Gasteiger partial charge >= 0.3 is 12.1 Å². The lowest BCUT2D eigenvalue weighted by Gasteiger charge is -2.34. The van der Waals surface area contributed by atoms with Crippen LogP contribution in [-0.2, 0) is 9.59 Å². The molecule has 0 saturated carbocycles. The summed E-state index contributed by atoms with van der Waals surface area (Å²) in [5, 5.41) is 20.1. The number of carbonyl (C=O) groups excluding carboxylic acids is 4. The molecular weight excluding hydrogens is 557 g/mol.